The van der Waals surface area contributed by atoms with E-state index in [1.165, 1.54) is 19.1 Å². The molecule has 0 unspecified atom stereocenters. The van der Waals surface area contributed by atoms with Gasteiger partial charge in [0.1, 0.15) is 0 Å². The molecule has 1 aliphatic rings. The van der Waals surface area contributed by atoms with E-state index >= 15 is 0 Å². The fourth-order valence-corrected chi connectivity index (χ4v) is 2.41. The van der Waals surface area contributed by atoms with Crippen LogP contribution in [0.15, 0.2) is 18.2 Å². The second-order valence-electron chi connectivity index (χ2n) is 4.92. The van der Waals surface area contributed by atoms with Gasteiger partial charge in [-0.2, -0.15) is 0 Å². The summed E-state index contributed by atoms with van der Waals surface area (Å²) in [6.07, 6.45) is 0.120. The van der Waals surface area contributed by atoms with Gasteiger partial charge in [0.15, 0.2) is 0 Å². The Hall–Kier alpha value is -2.37. The normalized spacial score (nSPS) is 17.8. The molecule has 0 aliphatic carbocycles. The van der Waals surface area contributed by atoms with Crippen LogP contribution < -0.4 is 4.90 Å². The summed E-state index contributed by atoms with van der Waals surface area (Å²) in [4.78, 5) is 36.8. The number of anilines is 1. The molecule has 0 radical (unpaired) electrons. The van der Waals surface area contributed by atoms with E-state index in [4.69, 9.17) is 0 Å². The first-order valence-corrected chi connectivity index (χ1v) is 6.55. The van der Waals surface area contributed by atoms with Crippen molar-refractivity contribution in [3.05, 3.63) is 29.3 Å². The number of carbonyl (C=O) groups is 3. The molecular weight excluding hydrogens is 274 g/mol. The third kappa shape index (κ3) is 2.89. The number of methoxy groups -OCH3 is 2. The molecule has 1 heterocycles. The standard InChI is InChI=1S/C15H17NO5/c1-9-4-5-10(14(18)20-2)6-12(9)16-8-11(7-13(16)17)15(19)21-3/h4-6,11H,7-8H2,1-3H3/t11-/m0/s1. The van der Waals surface area contributed by atoms with Crippen LogP contribution in [0.4, 0.5) is 5.69 Å². The Morgan fingerprint density at radius 2 is 1.95 bits per heavy atom. The minimum absolute atomic E-state index is 0.120. The zero-order valence-corrected chi connectivity index (χ0v) is 12.2. The molecule has 1 atom stereocenters. The van der Waals surface area contributed by atoms with Crippen LogP contribution in [0.25, 0.3) is 0 Å². The minimum Gasteiger partial charge on any atom is -0.469 e. The molecule has 1 amide bonds. The van der Waals surface area contributed by atoms with Gasteiger partial charge in [0.05, 0.1) is 25.7 Å². The van der Waals surface area contributed by atoms with Gasteiger partial charge in [-0.3, -0.25) is 9.59 Å². The summed E-state index contributed by atoms with van der Waals surface area (Å²) >= 11 is 0. The smallest absolute Gasteiger partial charge is 0.337 e. The SMILES string of the molecule is COC(=O)c1ccc(C)c(N2C[C@@H](C(=O)OC)CC2=O)c1. The summed E-state index contributed by atoms with van der Waals surface area (Å²) in [6, 6.07) is 5.00. The van der Waals surface area contributed by atoms with Crippen molar-refractivity contribution in [3.8, 4) is 0 Å². The molecule has 1 aromatic rings. The Bertz CT molecular complexity index is 596. The van der Waals surface area contributed by atoms with Gasteiger partial charge < -0.3 is 14.4 Å². The molecule has 112 valence electrons. The molecule has 0 aromatic heterocycles. The second-order valence-corrected chi connectivity index (χ2v) is 4.92. The number of esters is 2. The number of carbonyl (C=O) groups excluding carboxylic acids is 3. The fourth-order valence-electron chi connectivity index (χ4n) is 2.41. The summed E-state index contributed by atoms with van der Waals surface area (Å²) in [5, 5.41) is 0. The predicted molar refractivity (Wildman–Crippen MR) is 75.0 cm³/mol. The van der Waals surface area contributed by atoms with E-state index in [1.54, 1.807) is 18.2 Å². The van der Waals surface area contributed by atoms with Crippen molar-refractivity contribution < 1.29 is 23.9 Å². The number of hydrogen-bond donors (Lipinski definition) is 0. The first kappa shape index (κ1) is 15.0. The van der Waals surface area contributed by atoms with Gasteiger partial charge in [-0.1, -0.05) is 6.07 Å². The van der Waals surface area contributed by atoms with E-state index in [-0.39, 0.29) is 18.9 Å². The van der Waals surface area contributed by atoms with Crippen LogP contribution in [0.5, 0.6) is 0 Å². The predicted octanol–water partition coefficient (Wildman–Crippen LogP) is 1.31. The first-order valence-electron chi connectivity index (χ1n) is 6.55. The lowest BCUT2D eigenvalue weighted by molar-refractivity contribution is -0.145. The summed E-state index contributed by atoms with van der Waals surface area (Å²) in [6.45, 7) is 2.10. The van der Waals surface area contributed by atoms with Crippen molar-refractivity contribution in [2.24, 2.45) is 5.92 Å². The van der Waals surface area contributed by atoms with Crippen LogP contribution in [-0.4, -0.2) is 38.6 Å². The summed E-state index contributed by atoms with van der Waals surface area (Å²) in [7, 11) is 2.61. The lowest BCUT2D eigenvalue weighted by Crippen LogP contribution is -2.27. The number of ether oxygens (including phenoxy) is 2. The van der Waals surface area contributed by atoms with Gasteiger partial charge in [-0.25, -0.2) is 4.79 Å². The molecule has 0 spiro atoms. The topological polar surface area (TPSA) is 72.9 Å². The molecule has 1 aromatic carbocycles. The van der Waals surface area contributed by atoms with Gasteiger partial charge in [0.25, 0.3) is 0 Å². The monoisotopic (exact) mass is 291 g/mol. The minimum atomic E-state index is -0.469. The van der Waals surface area contributed by atoms with E-state index < -0.39 is 17.9 Å². The maximum absolute atomic E-state index is 12.1. The third-order valence-electron chi connectivity index (χ3n) is 3.58. The van der Waals surface area contributed by atoms with Crippen LogP contribution in [0.2, 0.25) is 0 Å². The largest absolute Gasteiger partial charge is 0.469 e. The summed E-state index contributed by atoms with van der Waals surface area (Å²) in [5.74, 6) is -1.49. The Labute approximate surface area is 122 Å². The highest BCUT2D eigenvalue weighted by atomic mass is 16.5. The third-order valence-corrected chi connectivity index (χ3v) is 3.58. The zero-order valence-electron chi connectivity index (χ0n) is 12.2. The van der Waals surface area contributed by atoms with Crippen LogP contribution in [0, 0.1) is 12.8 Å². The van der Waals surface area contributed by atoms with Gasteiger partial charge in [-0.05, 0) is 24.6 Å². The molecule has 1 saturated heterocycles. The molecule has 0 N–H and O–H groups in total. The number of aryl methyl sites for hydroxylation is 1. The van der Waals surface area contributed by atoms with Gasteiger partial charge >= 0.3 is 11.9 Å². The summed E-state index contributed by atoms with van der Waals surface area (Å²) < 4.78 is 9.37. The van der Waals surface area contributed by atoms with Crippen molar-refractivity contribution >= 4 is 23.5 Å². The molecule has 6 heteroatoms. The van der Waals surface area contributed by atoms with Crippen LogP contribution in [-0.2, 0) is 19.1 Å². The van der Waals surface area contributed by atoms with Crippen molar-refractivity contribution in [1.82, 2.24) is 0 Å². The number of hydrogen-bond acceptors (Lipinski definition) is 5. The number of nitrogens with zero attached hydrogens (tertiary/aromatic N) is 1. The van der Waals surface area contributed by atoms with E-state index in [0.717, 1.165) is 5.56 Å². The van der Waals surface area contributed by atoms with Crippen molar-refractivity contribution in [1.29, 1.82) is 0 Å². The highest BCUT2D eigenvalue weighted by Crippen LogP contribution is 2.29. The number of amides is 1. The molecule has 1 aliphatic heterocycles. The highest BCUT2D eigenvalue weighted by molar-refractivity contribution is 6.01. The molecule has 0 bridgehead atoms. The van der Waals surface area contributed by atoms with Crippen molar-refractivity contribution in [2.45, 2.75) is 13.3 Å². The maximum Gasteiger partial charge on any atom is 0.337 e. The van der Waals surface area contributed by atoms with E-state index in [2.05, 4.69) is 9.47 Å². The van der Waals surface area contributed by atoms with Gasteiger partial charge in [0, 0.05) is 18.7 Å². The lowest BCUT2D eigenvalue weighted by Gasteiger charge is -2.19. The molecular formula is C15H17NO5. The van der Waals surface area contributed by atoms with Crippen LogP contribution in [0.3, 0.4) is 0 Å². The fraction of sp³-hybridized carbons (Fsp3) is 0.400. The Morgan fingerprint density at radius 1 is 1.24 bits per heavy atom. The molecule has 2 rings (SSSR count). The number of benzene rings is 1. The number of rotatable bonds is 3. The molecule has 1 fully saturated rings. The van der Waals surface area contributed by atoms with Crippen molar-refractivity contribution in [2.75, 3.05) is 25.7 Å². The Morgan fingerprint density at radius 3 is 2.57 bits per heavy atom. The molecule has 6 nitrogen and oxygen atoms in total. The zero-order chi connectivity index (χ0) is 15.6. The second kappa shape index (κ2) is 5.95. The van der Waals surface area contributed by atoms with E-state index in [0.29, 0.717) is 11.3 Å². The molecule has 0 saturated carbocycles. The quantitative estimate of drug-likeness (QED) is 0.785. The van der Waals surface area contributed by atoms with E-state index in [9.17, 15) is 14.4 Å². The first-order chi connectivity index (χ1) is 9.97. The van der Waals surface area contributed by atoms with Gasteiger partial charge in [0.2, 0.25) is 5.91 Å². The summed E-state index contributed by atoms with van der Waals surface area (Å²) in [5.41, 5.74) is 1.84. The highest BCUT2D eigenvalue weighted by Gasteiger charge is 2.36. The van der Waals surface area contributed by atoms with Crippen molar-refractivity contribution in [3.63, 3.8) is 0 Å². The average Bonchev–Trinajstić information content (AvgIpc) is 2.88. The molecule has 21 heavy (non-hydrogen) atoms. The van der Waals surface area contributed by atoms with Gasteiger partial charge in [-0.15, -0.1) is 0 Å². The van der Waals surface area contributed by atoms with E-state index in [1.807, 2.05) is 6.92 Å². The lowest BCUT2D eigenvalue weighted by atomic mass is 10.1. The van der Waals surface area contributed by atoms with Crippen LogP contribution in [0.1, 0.15) is 22.3 Å². The maximum atomic E-state index is 12.1. The van der Waals surface area contributed by atoms with Crippen LogP contribution >= 0.6 is 0 Å². The average molecular weight is 291 g/mol. The Balaban J connectivity index is 2.31. The Kier molecular flexibility index (Phi) is 4.26.